The third-order valence-electron chi connectivity index (χ3n) is 2.94. The summed E-state index contributed by atoms with van der Waals surface area (Å²) in [4.78, 5) is 16.3. The van der Waals surface area contributed by atoms with E-state index in [1.54, 1.807) is 19.1 Å². The van der Waals surface area contributed by atoms with E-state index in [1.165, 1.54) is 0 Å². The quantitative estimate of drug-likeness (QED) is 0.798. The molecule has 104 valence electrons. The molecule has 2 aromatic carbocycles. The second kappa shape index (κ2) is 5.58. The molecule has 3 aromatic rings. The van der Waals surface area contributed by atoms with E-state index in [4.69, 9.17) is 4.52 Å². The molecule has 3 rings (SSSR count). The van der Waals surface area contributed by atoms with E-state index in [1.807, 2.05) is 42.5 Å². The molecule has 0 bridgehead atoms. The highest BCUT2D eigenvalue weighted by Crippen LogP contribution is 2.20. The van der Waals surface area contributed by atoms with Gasteiger partial charge in [-0.1, -0.05) is 35.5 Å². The summed E-state index contributed by atoms with van der Waals surface area (Å²) in [6, 6.07) is 16.4. The summed E-state index contributed by atoms with van der Waals surface area (Å²) in [7, 11) is 0. The van der Waals surface area contributed by atoms with Crippen molar-refractivity contribution in [2.45, 2.75) is 6.92 Å². The average Bonchev–Trinajstić information content (AvgIpc) is 2.95. The molecule has 0 unspecified atom stereocenters. The molecule has 5 nitrogen and oxygen atoms in total. The first kappa shape index (κ1) is 13.1. The highest BCUT2D eigenvalue weighted by atomic mass is 16.5. The standard InChI is InChI=1S/C16H13N3O2/c1-11-17-15(19-21-11)13-8-5-9-14(10-13)18-16(20)12-6-3-2-4-7-12/h2-10H,1H3,(H,18,20). The number of aromatic nitrogens is 2. The number of carbonyl (C=O) groups excluding carboxylic acids is 1. The van der Waals surface area contributed by atoms with E-state index in [0.29, 0.717) is 23.0 Å². The van der Waals surface area contributed by atoms with E-state index >= 15 is 0 Å². The van der Waals surface area contributed by atoms with Crippen LogP contribution >= 0.6 is 0 Å². The first-order chi connectivity index (χ1) is 10.2. The third kappa shape index (κ3) is 2.97. The van der Waals surface area contributed by atoms with Crippen molar-refractivity contribution in [1.82, 2.24) is 10.1 Å². The Kier molecular flexibility index (Phi) is 3.47. The monoisotopic (exact) mass is 279 g/mol. The second-order valence-electron chi connectivity index (χ2n) is 4.54. The van der Waals surface area contributed by atoms with Crippen LogP contribution in [0.1, 0.15) is 16.2 Å². The van der Waals surface area contributed by atoms with Crippen molar-refractivity contribution in [2.75, 3.05) is 5.32 Å². The van der Waals surface area contributed by atoms with Crippen LogP contribution < -0.4 is 5.32 Å². The molecule has 1 heterocycles. The summed E-state index contributed by atoms with van der Waals surface area (Å²) in [5, 5.41) is 6.72. The topological polar surface area (TPSA) is 68.0 Å². The number of carbonyl (C=O) groups is 1. The first-order valence-corrected chi connectivity index (χ1v) is 6.49. The van der Waals surface area contributed by atoms with Gasteiger partial charge in [0, 0.05) is 23.7 Å². The fourth-order valence-electron chi connectivity index (χ4n) is 1.95. The van der Waals surface area contributed by atoms with Crippen LogP contribution in [0.3, 0.4) is 0 Å². The number of rotatable bonds is 3. The lowest BCUT2D eigenvalue weighted by Gasteiger charge is -2.06. The van der Waals surface area contributed by atoms with Gasteiger partial charge in [0.15, 0.2) is 0 Å². The fraction of sp³-hybridized carbons (Fsp3) is 0.0625. The SMILES string of the molecule is Cc1nc(-c2cccc(NC(=O)c3ccccc3)c2)no1. The molecule has 0 saturated carbocycles. The van der Waals surface area contributed by atoms with Crippen LogP contribution in [0.15, 0.2) is 59.1 Å². The third-order valence-corrected chi connectivity index (χ3v) is 2.94. The van der Waals surface area contributed by atoms with Crippen molar-refractivity contribution in [3.05, 3.63) is 66.1 Å². The van der Waals surface area contributed by atoms with Gasteiger partial charge in [0.25, 0.3) is 5.91 Å². The van der Waals surface area contributed by atoms with Crippen LogP contribution in [-0.2, 0) is 0 Å². The minimum Gasteiger partial charge on any atom is -0.339 e. The van der Waals surface area contributed by atoms with Crippen molar-refractivity contribution >= 4 is 11.6 Å². The van der Waals surface area contributed by atoms with E-state index in [2.05, 4.69) is 15.5 Å². The number of hydrogen-bond acceptors (Lipinski definition) is 4. The van der Waals surface area contributed by atoms with Crippen molar-refractivity contribution in [2.24, 2.45) is 0 Å². The minimum absolute atomic E-state index is 0.156. The van der Waals surface area contributed by atoms with Gasteiger partial charge in [-0.15, -0.1) is 0 Å². The predicted molar refractivity (Wildman–Crippen MR) is 78.9 cm³/mol. The smallest absolute Gasteiger partial charge is 0.255 e. The Hall–Kier alpha value is -2.95. The molecule has 0 aliphatic rings. The lowest BCUT2D eigenvalue weighted by atomic mass is 10.1. The van der Waals surface area contributed by atoms with Crippen molar-refractivity contribution < 1.29 is 9.32 Å². The summed E-state index contributed by atoms with van der Waals surface area (Å²) >= 11 is 0. The van der Waals surface area contributed by atoms with Gasteiger partial charge < -0.3 is 9.84 Å². The maximum atomic E-state index is 12.1. The van der Waals surface area contributed by atoms with Gasteiger partial charge in [0.1, 0.15) is 0 Å². The molecule has 0 radical (unpaired) electrons. The molecule has 0 fully saturated rings. The van der Waals surface area contributed by atoms with E-state index in [-0.39, 0.29) is 5.91 Å². The molecule has 1 N–H and O–H groups in total. The Morgan fingerprint density at radius 2 is 1.90 bits per heavy atom. The predicted octanol–water partition coefficient (Wildman–Crippen LogP) is 3.30. The summed E-state index contributed by atoms with van der Waals surface area (Å²) in [6.07, 6.45) is 0. The molecule has 0 spiro atoms. The lowest BCUT2D eigenvalue weighted by Crippen LogP contribution is -2.11. The molecule has 0 atom stereocenters. The fourth-order valence-corrected chi connectivity index (χ4v) is 1.95. The van der Waals surface area contributed by atoms with Crippen LogP contribution in [0.2, 0.25) is 0 Å². The van der Waals surface area contributed by atoms with Crippen LogP contribution in [0.25, 0.3) is 11.4 Å². The highest BCUT2D eigenvalue weighted by molar-refractivity contribution is 6.04. The van der Waals surface area contributed by atoms with Gasteiger partial charge in [-0.2, -0.15) is 4.98 Å². The summed E-state index contributed by atoms with van der Waals surface area (Å²) in [5.74, 6) is 0.851. The van der Waals surface area contributed by atoms with Crippen molar-refractivity contribution in [1.29, 1.82) is 0 Å². The van der Waals surface area contributed by atoms with Crippen LogP contribution in [0.5, 0.6) is 0 Å². The average molecular weight is 279 g/mol. The maximum absolute atomic E-state index is 12.1. The molecular weight excluding hydrogens is 266 g/mol. The molecule has 0 aliphatic heterocycles. The summed E-state index contributed by atoms with van der Waals surface area (Å²) in [6.45, 7) is 1.73. The summed E-state index contributed by atoms with van der Waals surface area (Å²) in [5.41, 5.74) is 2.08. The molecule has 0 aliphatic carbocycles. The first-order valence-electron chi connectivity index (χ1n) is 6.49. The summed E-state index contributed by atoms with van der Waals surface area (Å²) < 4.78 is 4.96. The van der Waals surface area contributed by atoms with Gasteiger partial charge in [0.05, 0.1) is 0 Å². The lowest BCUT2D eigenvalue weighted by molar-refractivity contribution is 0.102. The van der Waals surface area contributed by atoms with Crippen LogP contribution in [0.4, 0.5) is 5.69 Å². The Morgan fingerprint density at radius 3 is 2.62 bits per heavy atom. The number of nitrogens with zero attached hydrogens (tertiary/aromatic N) is 2. The molecule has 5 heteroatoms. The number of nitrogens with one attached hydrogen (secondary N) is 1. The van der Waals surface area contributed by atoms with Crippen LogP contribution in [0, 0.1) is 6.92 Å². The van der Waals surface area contributed by atoms with Crippen LogP contribution in [-0.4, -0.2) is 16.0 Å². The molecule has 0 saturated heterocycles. The Labute approximate surface area is 121 Å². The van der Waals surface area contributed by atoms with E-state index in [9.17, 15) is 4.79 Å². The molecular formula is C16H13N3O2. The van der Waals surface area contributed by atoms with Crippen molar-refractivity contribution in [3.8, 4) is 11.4 Å². The highest BCUT2D eigenvalue weighted by Gasteiger charge is 2.08. The number of aryl methyl sites for hydroxylation is 1. The van der Waals surface area contributed by atoms with E-state index < -0.39 is 0 Å². The number of amides is 1. The van der Waals surface area contributed by atoms with Gasteiger partial charge in [-0.25, -0.2) is 0 Å². The second-order valence-corrected chi connectivity index (χ2v) is 4.54. The molecule has 1 aromatic heterocycles. The van der Waals surface area contributed by atoms with Gasteiger partial charge in [-0.3, -0.25) is 4.79 Å². The Morgan fingerprint density at radius 1 is 1.10 bits per heavy atom. The number of benzene rings is 2. The van der Waals surface area contributed by atoms with Crippen molar-refractivity contribution in [3.63, 3.8) is 0 Å². The largest absolute Gasteiger partial charge is 0.339 e. The zero-order valence-electron chi connectivity index (χ0n) is 11.4. The zero-order valence-corrected chi connectivity index (χ0v) is 11.4. The number of anilines is 1. The number of hydrogen-bond donors (Lipinski definition) is 1. The van der Waals surface area contributed by atoms with Gasteiger partial charge >= 0.3 is 0 Å². The van der Waals surface area contributed by atoms with Gasteiger partial charge in [-0.05, 0) is 24.3 Å². The minimum atomic E-state index is -0.156. The molecule has 1 amide bonds. The Balaban J connectivity index is 1.82. The zero-order chi connectivity index (χ0) is 14.7. The molecule has 21 heavy (non-hydrogen) atoms. The maximum Gasteiger partial charge on any atom is 0.255 e. The normalized spacial score (nSPS) is 10.3. The van der Waals surface area contributed by atoms with Gasteiger partial charge in [0.2, 0.25) is 11.7 Å². The Bertz CT molecular complexity index is 766. The van der Waals surface area contributed by atoms with E-state index in [0.717, 1.165) is 5.56 Å².